The summed E-state index contributed by atoms with van der Waals surface area (Å²) in [5, 5.41) is 11.5. The number of aromatic nitrogens is 3. The number of rotatable bonds is 10. The number of nitrogens with one attached hydrogen (secondary N) is 3. The minimum atomic E-state index is -0.113. The third-order valence-corrected chi connectivity index (χ3v) is 5.57. The Kier molecular flexibility index (Phi) is 7.52. The number of Topliss-reactive ketones (excluding diaryl/α,β-unsaturated/α-hetero) is 2. The topological polar surface area (TPSA) is 109 Å². The van der Waals surface area contributed by atoms with Crippen molar-refractivity contribution in [2.45, 2.75) is 20.3 Å². The van der Waals surface area contributed by atoms with Gasteiger partial charge in [-0.1, -0.05) is 11.6 Å². The lowest BCUT2D eigenvalue weighted by Crippen LogP contribution is -2.11. The van der Waals surface area contributed by atoms with Crippen molar-refractivity contribution < 1.29 is 9.59 Å². The molecule has 4 aromatic rings. The summed E-state index contributed by atoms with van der Waals surface area (Å²) in [7, 11) is 0. The van der Waals surface area contributed by atoms with Crippen molar-refractivity contribution in [1.82, 2.24) is 15.0 Å². The van der Waals surface area contributed by atoms with Gasteiger partial charge >= 0.3 is 0 Å². The summed E-state index contributed by atoms with van der Waals surface area (Å²) < 4.78 is 0. The normalized spacial score (nSPS) is 10.7. The van der Waals surface area contributed by atoms with Gasteiger partial charge in [-0.15, -0.1) is 0 Å². The van der Waals surface area contributed by atoms with E-state index in [0.717, 1.165) is 29.6 Å². The lowest BCUT2D eigenvalue weighted by molar-refractivity contribution is 0.101. The van der Waals surface area contributed by atoms with Crippen LogP contribution in [0.2, 0.25) is 5.02 Å². The van der Waals surface area contributed by atoms with Crippen LogP contribution in [0.5, 0.6) is 0 Å². The van der Waals surface area contributed by atoms with E-state index in [1.165, 1.54) is 13.8 Å². The Morgan fingerprint density at radius 1 is 0.857 bits per heavy atom. The first kappa shape index (κ1) is 24.1. The average Bonchev–Trinajstić information content (AvgIpc) is 2.83. The van der Waals surface area contributed by atoms with Gasteiger partial charge in [0.1, 0.15) is 5.82 Å². The Morgan fingerprint density at radius 2 is 1.57 bits per heavy atom. The van der Waals surface area contributed by atoms with Gasteiger partial charge in [-0.3, -0.25) is 14.6 Å². The van der Waals surface area contributed by atoms with Gasteiger partial charge in [-0.2, -0.15) is 4.98 Å². The van der Waals surface area contributed by atoms with Crippen LogP contribution in [0.25, 0.3) is 10.9 Å². The van der Waals surface area contributed by atoms with Crippen molar-refractivity contribution in [1.29, 1.82) is 0 Å². The molecule has 0 aliphatic rings. The molecule has 0 aliphatic carbocycles. The van der Waals surface area contributed by atoms with Crippen LogP contribution in [0.1, 0.15) is 41.0 Å². The number of carbonyl (C=O) groups is 2. The van der Waals surface area contributed by atoms with E-state index in [1.807, 2.05) is 24.3 Å². The maximum absolute atomic E-state index is 11.8. The van der Waals surface area contributed by atoms with Crippen molar-refractivity contribution in [2.24, 2.45) is 0 Å². The third-order valence-electron chi connectivity index (χ3n) is 5.33. The van der Waals surface area contributed by atoms with E-state index in [0.29, 0.717) is 40.1 Å². The molecule has 0 saturated heterocycles. The molecule has 2 aromatic heterocycles. The van der Waals surface area contributed by atoms with Crippen molar-refractivity contribution >= 4 is 57.2 Å². The lowest BCUT2D eigenvalue weighted by Gasteiger charge is -2.11. The largest absolute Gasteiger partial charge is 0.384 e. The summed E-state index contributed by atoms with van der Waals surface area (Å²) in [6.07, 6.45) is 4.24. The zero-order chi connectivity index (χ0) is 24.8. The number of fused-ring (bicyclic) bond motifs is 1. The SMILES string of the molecule is CC(=O)c1cc(Nc2ccnc(NCCCNc3ccnc4cc(Cl)ccc34)n2)cc(C(C)=O)c1. The van der Waals surface area contributed by atoms with Gasteiger partial charge in [0.25, 0.3) is 0 Å². The first-order chi connectivity index (χ1) is 16.9. The molecule has 0 spiro atoms. The molecule has 8 nitrogen and oxygen atoms in total. The zero-order valence-electron chi connectivity index (χ0n) is 19.4. The summed E-state index contributed by atoms with van der Waals surface area (Å²) in [5.74, 6) is 0.808. The van der Waals surface area contributed by atoms with E-state index in [4.69, 9.17) is 11.6 Å². The Bertz CT molecular complexity index is 1360. The molecule has 4 rings (SSSR count). The molecular formula is C26H25ClN6O2. The number of halogens is 1. The maximum atomic E-state index is 11.8. The first-order valence-corrected chi connectivity index (χ1v) is 11.6. The summed E-state index contributed by atoms with van der Waals surface area (Å²) in [6.45, 7) is 4.35. The van der Waals surface area contributed by atoms with Crippen LogP contribution >= 0.6 is 11.6 Å². The van der Waals surface area contributed by atoms with Crippen LogP contribution in [0.4, 0.5) is 23.1 Å². The van der Waals surface area contributed by atoms with Gasteiger partial charge in [0.2, 0.25) is 5.95 Å². The fraction of sp³-hybridized carbons (Fsp3) is 0.192. The quantitative estimate of drug-likeness (QED) is 0.191. The van der Waals surface area contributed by atoms with Gasteiger partial charge in [-0.05, 0) is 68.8 Å². The minimum absolute atomic E-state index is 0.113. The van der Waals surface area contributed by atoms with Gasteiger partial charge in [0.15, 0.2) is 11.6 Å². The van der Waals surface area contributed by atoms with E-state index in [-0.39, 0.29) is 11.6 Å². The second kappa shape index (κ2) is 10.9. The van der Waals surface area contributed by atoms with Crippen LogP contribution in [0.3, 0.4) is 0 Å². The molecule has 0 aliphatic heterocycles. The standard InChI is InChI=1S/C26H25ClN6O2/c1-16(34)18-12-19(17(2)35)14-21(13-18)32-25-7-11-31-26(33-25)30-9-3-8-28-23-6-10-29-24-15-20(27)4-5-22(23)24/h4-7,10-15H,3,8-9H2,1-2H3,(H,28,29)(H2,30,31,32,33). The molecule has 3 N–H and O–H groups in total. The number of benzene rings is 2. The van der Waals surface area contributed by atoms with E-state index >= 15 is 0 Å². The maximum Gasteiger partial charge on any atom is 0.224 e. The number of hydrogen-bond acceptors (Lipinski definition) is 8. The zero-order valence-corrected chi connectivity index (χ0v) is 20.2. The number of hydrogen-bond donors (Lipinski definition) is 3. The first-order valence-electron chi connectivity index (χ1n) is 11.2. The summed E-state index contributed by atoms with van der Waals surface area (Å²) in [4.78, 5) is 36.8. The highest BCUT2D eigenvalue weighted by molar-refractivity contribution is 6.31. The van der Waals surface area contributed by atoms with Gasteiger partial charge in [0, 0.05) is 58.4 Å². The fourth-order valence-electron chi connectivity index (χ4n) is 3.55. The minimum Gasteiger partial charge on any atom is -0.384 e. The smallest absolute Gasteiger partial charge is 0.224 e. The molecule has 178 valence electrons. The number of carbonyl (C=O) groups excluding carboxylic acids is 2. The predicted octanol–water partition coefficient (Wildman–Crippen LogP) is 5.74. The van der Waals surface area contributed by atoms with E-state index < -0.39 is 0 Å². The van der Waals surface area contributed by atoms with Crippen LogP contribution in [0.15, 0.2) is 60.9 Å². The lowest BCUT2D eigenvalue weighted by atomic mass is 10.0. The monoisotopic (exact) mass is 488 g/mol. The molecule has 2 aromatic carbocycles. The van der Waals surface area contributed by atoms with Crippen LogP contribution in [0, 0.1) is 0 Å². The van der Waals surface area contributed by atoms with Crippen molar-refractivity contribution in [2.75, 3.05) is 29.0 Å². The molecule has 0 atom stereocenters. The van der Waals surface area contributed by atoms with Gasteiger partial charge in [0.05, 0.1) is 5.52 Å². The Balaban J connectivity index is 1.33. The molecule has 35 heavy (non-hydrogen) atoms. The average molecular weight is 489 g/mol. The van der Waals surface area contributed by atoms with Gasteiger partial charge < -0.3 is 16.0 Å². The Morgan fingerprint density at radius 3 is 2.31 bits per heavy atom. The highest BCUT2D eigenvalue weighted by Gasteiger charge is 2.09. The molecule has 0 radical (unpaired) electrons. The van der Waals surface area contributed by atoms with Gasteiger partial charge in [-0.25, -0.2) is 4.98 Å². The molecule has 2 heterocycles. The van der Waals surface area contributed by atoms with Crippen LogP contribution in [-0.4, -0.2) is 39.6 Å². The summed E-state index contributed by atoms with van der Waals surface area (Å²) in [5.41, 5.74) is 3.40. The highest BCUT2D eigenvalue weighted by atomic mass is 35.5. The second-order valence-electron chi connectivity index (χ2n) is 8.03. The van der Waals surface area contributed by atoms with E-state index in [9.17, 15) is 9.59 Å². The Hall–Kier alpha value is -4.04. The molecule has 0 saturated carbocycles. The molecular weight excluding hydrogens is 464 g/mol. The number of anilines is 4. The highest BCUT2D eigenvalue weighted by Crippen LogP contribution is 2.24. The van der Waals surface area contributed by atoms with E-state index in [1.54, 1.807) is 36.7 Å². The van der Waals surface area contributed by atoms with Crippen molar-refractivity contribution in [3.05, 3.63) is 77.1 Å². The number of nitrogens with zero attached hydrogens (tertiary/aromatic N) is 3. The fourth-order valence-corrected chi connectivity index (χ4v) is 3.72. The van der Waals surface area contributed by atoms with E-state index in [2.05, 4.69) is 30.9 Å². The van der Waals surface area contributed by atoms with Crippen molar-refractivity contribution in [3.8, 4) is 0 Å². The number of ketones is 2. The molecule has 9 heteroatoms. The third kappa shape index (κ3) is 6.30. The van der Waals surface area contributed by atoms with Crippen LogP contribution in [-0.2, 0) is 0 Å². The predicted molar refractivity (Wildman–Crippen MR) is 140 cm³/mol. The van der Waals surface area contributed by atoms with Crippen LogP contribution < -0.4 is 16.0 Å². The molecule has 0 fully saturated rings. The second-order valence-corrected chi connectivity index (χ2v) is 8.47. The van der Waals surface area contributed by atoms with Crippen molar-refractivity contribution in [3.63, 3.8) is 0 Å². The summed E-state index contributed by atoms with van der Waals surface area (Å²) >= 11 is 6.06. The molecule has 0 bridgehead atoms. The summed E-state index contributed by atoms with van der Waals surface area (Å²) in [6, 6.07) is 14.3. The molecule has 0 amide bonds. The Labute approximate surface area is 208 Å². The molecule has 0 unspecified atom stereocenters. The number of pyridine rings is 1.